The van der Waals surface area contributed by atoms with Gasteiger partial charge in [-0.1, -0.05) is 6.92 Å². The number of carbonyl (C=O) groups is 2. The Morgan fingerprint density at radius 2 is 2.42 bits per heavy atom. The van der Waals surface area contributed by atoms with Crippen LogP contribution in [0.2, 0.25) is 0 Å². The van der Waals surface area contributed by atoms with E-state index in [2.05, 4.69) is 5.32 Å². The van der Waals surface area contributed by atoms with Crippen LogP contribution in [0.1, 0.15) is 19.8 Å². The van der Waals surface area contributed by atoms with E-state index in [1.54, 1.807) is 4.90 Å². The molecule has 0 atom stereocenters. The van der Waals surface area contributed by atoms with Gasteiger partial charge in [0, 0.05) is 19.5 Å². The van der Waals surface area contributed by atoms with E-state index in [4.69, 9.17) is 0 Å². The molecule has 0 unspecified atom stereocenters. The first-order valence-electron chi connectivity index (χ1n) is 4.28. The SMILES string of the molecule is CCCC(=O)N1CCNC(=O)C1. The van der Waals surface area contributed by atoms with Crippen molar-refractivity contribution in [3.05, 3.63) is 0 Å². The minimum Gasteiger partial charge on any atom is -0.353 e. The van der Waals surface area contributed by atoms with Gasteiger partial charge < -0.3 is 10.2 Å². The lowest BCUT2D eigenvalue weighted by atomic mass is 10.2. The molecule has 0 aliphatic carbocycles. The summed E-state index contributed by atoms with van der Waals surface area (Å²) in [6.45, 7) is 3.44. The standard InChI is InChI=1S/C8H14N2O2/c1-2-3-8(12)10-5-4-9-7(11)6-10/h2-6H2,1H3,(H,9,11). The molecule has 0 spiro atoms. The third kappa shape index (κ3) is 2.22. The molecule has 0 radical (unpaired) electrons. The van der Waals surface area contributed by atoms with Crippen LogP contribution in [0, 0.1) is 0 Å². The fourth-order valence-corrected chi connectivity index (χ4v) is 1.22. The van der Waals surface area contributed by atoms with Crippen molar-refractivity contribution in [2.24, 2.45) is 0 Å². The van der Waals surface area contributed by atoms with Crippen molar-refractivity contribution in [2.75, 3.05) is 19.6 Å². The van der Waals surface area contributed by atoms with Gasteiger partial charge in [0.1, 0.15) is 0 Å². The molecule has 1 N–H and O–H groups in total. The lowest BCUT2D eigenvalue weighted by molar-refractivity contribution is -0.138. The first-order valence-corrected chi connectivity index (χ1v) is 4.28. The number of hydrogen-bond acceptors (Lipinski definition) is 2. The van der Waals surface area contributed by atoms with Crippen molar-refractivity contribution in [1.29, 1.82) is 0 Å². The van der Waals surface area contributed by atoms with Crippen molar-refractivity contribution in [2.45, 2.75) is 19.8 Å². The maximum Gasteiger partial charge on any atom is 0.239 e. The smallest absolute Gasteiger partial charge is 0.239 e. The van der Waals surface area contributed by atoms with Gasteiger partial charge in [-0.05, 0) is 6.42 Å². The Morgan fingerprint density at radius 3 is 3.00 bits per heavy atom. The number of nitrogens with zero attached hydrogens (tertiary/aromatic N) is 1. The zero-order valence-electron chi connectivity index (χ0n) is 7.30. The van der Waals surface area contributed by atoms with Crippen molar-refractivity contribution in [1.82, 2.24) is 10.2 Å². The van der Waals surface area contributed by atoms with Crippen molar-refractivity contribution >= 4 is 11.8 Å². The van der Waals surface area contributed by atoms with Crippen LogP contribution >= 0.6 is 0 Å². The Hall–Kier alpha value is -1.06. The van der Waals surface area contributed by atoms with Gasteiger partial charge in [0.15, 0.2) is 0 Å². The summed E-state index contributed by atoms with van der Waals surface area (Å²) in [6.07, 6.45) is 1.39. The molecule has 1 heterocycles. The maximum atomic E-state index is 11.3. The molecule has 1 aliphatic heterocycles. The molecular formula is C8H14N2O2. The second-order valence-corrected chi connectivity index (χ2v) is 2.92. The van der Waals surface area contributed by atoms with E-state index >= 15 is 0 Å². The highest BCUT2D eigenvalue weighted by Gasteiger charge is 2.19. The van der Waals surface area contributed by atoms with E-state index < -0.39 is 0 Å². The average molecular weight is 170 g/mol. The van der Waals surface area contributed by atoms with E-state index in [0.717, 1.165) is 6.42 Å². The fourth-order valence-electron chi connectivity index (χ4n) is 1.22. The predicted molar refractivity (Wildman–Crippen MR) is 44.5 cm³/mol. The Balaban J connectivity index is 2.40. The summed E-state index contributed by atoms with van der Waals surface area (Å²) in [4.78, 5) is 23.8. The van der Waals surface area contributed by atoms with Gasteiger partial charge >= 0.3 is 0 Å². The summed E-state index contributed by atoms with van der Waals surface area (Å²) in [7, 11) is 0. The maximum absolute atomic E-state index is 11.3. The Bertz CT molecular complexity index is 191. The molecule has 1 saturated heterocycles. The zero-order valence-corrected chi connectivity index (χ0v) is 7.30. The summed E-state index contributed by atoms with van der Waals surface area (Å²) in [6, 6.07) is 0. The minimum absolute atomic E-state index is 0.0503. The van der Waals surface area contributed by atoms with Crippen LogP contribution in [0.5, 0.6) is 0 Å². The molecule has 0 saturated carbocycles. The number of carbonyl (C=O) groups excluding carboxylic acids is 2. The summed E-state index contributed by atoms with van der Waals surface area (Å²) < 4.78 is 0. The Morgan fingerprint density at radius 1 is 1.67 bits per heavy atom. The largest absolute Gasteiger partial charge is 0.353 e. The normalized spacial score (nSPS) is 17.4. The van der Waals surface area contributed by atoms with E-state index in [-0.39, 0.29) is 18.4 Å². The number of piperazine rings is 1. The average Bonchev–Trinajstić information content (AvgIpc) is 2.05. The third-order valence-corrected chi connectivity index (χ3v) is 1.85. The lowest BCUT2D eigenvalue weighted by Crippen LogP contribution is -2.49. The van der Waals surface area contributed by atoms with Gasteiger partial charge in [0.2, 0.25) is 11.8 Å². The monoisotopic (exact) mass is 170 g/mol. The molecular weight excluding hydrogens is 156 g/mol. The number of amides is 2. The van der Waals surface area contributed by atoms with Gasteiger partial charge in [-0.25, -0.2) is 0 Å². The van der Waals surface area contributed by atoms with Gasteiger partial charge in [0.05, 0.1) is 6.54 Å². The fraction of sp³-hybridized carbons (Fsp3) is 0.750. The summed E-state index contributed by atoms with van der Waals surface area (Å²) in [5.41, 5.74) is 0. The van der Waals surface area contributed by atoms with Crippen molar-refractivity contribution < 1.29 is 9.59 Å². The first-order chi connectivity index (χ1) is 5.74. The molecule has 1 rings (SSSR count). The molecule has 1 aliphatic rings. The van der Waals surface area contributed by atoms with Gasteiger partial charge in [0.25, 0.3) is 0 Å². The molecule has 0 aromatic heterocycles. The first kappa shape index (κ1) is 9.03. The molecule has 1 fully saturated rings. The quantitative estimate of drug-likeness (QED) is 0.621. The highest BCUT2D eigenvalue weighted by atomic mass is 16.2. The number of nitrogens with one attached hydrogen (secondary N) is 1. The lowest BCUT2D eigenvalue weighted by Gasteiger charge is -2.26. The second kappa shape index (κ2) is 4.09. The van der Waals surface area contributed by atoms with Crippen LogP contribution in [0.25, 0.3) is 0 Å². The molecule has 68 valence electrons. The Kier molecular flexibility index (Phi) is 3.08. The molecule has 0 aromatic rings. The predicted octanol–water partition coefficient (Wildman–Crippen LogP) is -0.255. The van der Waals surface area contributed by atoms with E-state index in [1.165, 1.54) is 0 Å². The van der Waals surface area contributed by atoms with Gasteiger partial charge in [-0.15, -0.1) is 0 Å². The molecule has 0 aromatic carbocycles. The molecule has 12 heavy (non-hydrogen) atoms. The van der Waals surface area contributed by atoms with Crippen molar-refractivity contribution in [3.63, 3.8) is 0 Å². The minimum atomic E-state index is -0.0503. The third-order valence-electron chi connectivity index (χ3n) is 1.85. The zero-order chi connectivity index (χ0) is 8.97. The summed E-state index contributed by atoms with van der Waals surface area (Å²) >= 11 is 0. The van der Waals surface area contributed by atoms with Crippen LogP contribution in [-0.4, -0.2) is 36.3 Å². The molecule has 4 nitrogen and oxygen atoms in total. The number of hydrogen-bond donors (Lipinski definition) is 1. The van der Waals surface area contributed by atoms with Crippen LogP contribution in [0.4, 0.5) is 0 Å². The second-order valence-electron chi connectivity index (χ2n) is 2.92. The van der Waals surface area contributed by atoms with Crippen LogP contribution in [0.3, 0.4) is 0 Å². The van der Waals surface area contributed by atoms with E-state index in [0.29, 0.717) is 19.5 Å². The van der Waals surface area contributed by atoms with Crippen LogP contribution < -0.4 is 5.32 Å². The van der Waals surface area contributed by atoms with E-state index in [1.807, 2.05) is 6.92 Å². The summed E-state index contributed by atoms with van der Waals surface area (Å²) in [5, 5.41) is 2.68. The molecule has 2 amide bonds. The van der Waals surface area contributed by atoms with Gasteiger partial charge in [-0.2, -0.15) is 0 Å². The highest BCUT2D eigenvalue weighted by molar-refractivity contribution is 5.85. The summed E-state index contributed by atoms with van der Waals surface area (Å²) in [5.74, 6) is 0.0399. The van der Waals surface area contributed by atoms with Gasteiger partial charge in [-0.3, -0.25) is 9.59 Å². The van der Waals surface area contributed by atoms with Crippen molar-refractivity contribution in [3.8, 4) is 0 Å². The Labute approximate surface area is 71.9 Å². The highest BCUT2D eigenvalue weighted by Crippen LogP contribution is 1.99. The topological polar surface area (TPSA) is 49.4 Å². The molecule has 4 heteroatoms. The van der Waals surface area contributed by atoms with E-state index in [9.17, 15) is 9.59 Å². The molecule has 0 bridgehead atoms. The van der Waals surface area contributed by atoms with Crippen LogP contribution in [-0.2, 0) is 9.59 Å². The van der Waals surface area contributed by atoms with Crippen LogP contribution in [0.15, 0.2) is 0 Å². The number of rotatable bonds is 2.